The summed E-state index contributed by atoms with van der Waals surface area (Å²) in [6, 6.07) is 0. The Morgan fingerprint density at radius 2 is 1.38 bits per heavy atom. The van der Waals surface area contributed by atoms with Gasteiger partial charge in [0.15, 0.2) is 0 Å². The smallest absolute Gasteiger partial charge is 0.0345 e. The molecular weight excluding hydrogens is 254 g/mol. The average Bonchev–Trinajstić information content (AvgIpc) is 2.51. The number of nitrogens with one attached hydrogen (secondary N) is 1. The molecule has 0 amide bonds. The Hall–Kier alpha value is -1.24. The molecule has 0 unspecified atom stereocenters. The van der Waals surface area contributed by atoms with Gasteiger partial charge in [-0.25, -0.2) is 0 Å². The average molecular weight is 287 g/mol. The van der Waals surface area contributed by atoms with Crippen LogP contribution in [-0.2, 0) is 0 Å². The fourth-order valence-corrected chi connectivity index (χ4v) is 3.13. The Labute approximate surface area is 131 Å². The van der Waals surface area contributed by atoms with Gasteiger partial charge in [-0.3, -0.25) is 0 Å². The van der Waals surface area contributed by atoms with Crippen molar-refractivity contribution in [2.45, 2.75) is 76.7 Å². The molecule has 0 radical (unpaired) electrons. The summed E-state index contributed by atoms with van der Waals surface area (Å²) in [6.07, 6.45) is 23.4. The van der Waals surface area contributed by atoms with Crippen LogP contribution >= 0.6 is 0 Å². The first-order chi connectivity index (χ1) is 10.2. The third-order valence-corrected chi connectivity index (χ3v) is 4.36. The summed E-state index contributed by atoms with van der Waals surface area (Å²) in [5.74, 6) is 0. The van der Waals surface area contributed by atoms with Gasteiger partial charge >= 0.3 is 0 Å². The molecule has 1 N–H and O–H groups in total. The highest BCUT2D eigenvalue weighted by atomic mass is 15.0. The minimum atomic E-state index is 0.199. The molecule has 1 aliphatic carbocycles. The van der Waals surface area contributed by atoms with E-state index in [0.29, 0.717) is 0 Å². The predicted octanol–water partition coefficient (Wildman–Crippen LogP) is 6.06. The van der Waals surface area contributed by atoms with Gasteiger partial charge in [0, 0.05) is 11.2 Å². The summed E-state index contributed by atoms with van der Waals surface area (Å²) in [5, 5.41) is 3.76. The van der Waals surface area contributed by atoms with Gasteiger partial charge in [0.1, 0.15) is 0 Å². The molecule has 1 heteroatoms. The maximum absolute atomic E-state index is 3.82. The zero-order chi connectivity index (χ0) is 15.4. The van der Waals surface area contributed by atoms with Crippen molar-refractivity contribution in [3.63, 3.8) is 0 Å². The van der Waals surface area contributed by atoms with Crippen LogP contribution in [0.25, 0.3) is 0 Å². The van der Waals surface area contributed by atoms with Crippen molar-refractivity contribution in [1.82, 2.24) is 5.32 Å². The highest BCUT2D eigenvalue weighted by Gasteiger charge is 2.23. The molecule has 0 atom stereocenters. The maximum Gasteiger partial charge on any atom is 0.0345 e. The molecule has 0 aromatic rings. The van der Waals surface area contributed by atoms with E-state index in [1.165, 1.54) is 64.2 Å². The van der Waals surface area contributed by atoms with E-state index < -0.39 is 0 Å². The second kappa shape index (κ2) is 10.5. The number of rotatable bonds is 5. The van der Waals surface area contributed by atoms with Crippen LogP contribution in [0.5, 0.6) is 0 Å². The Balaban J connectivity index is 2.70. The third-order valence-electron chi connectivity index (χ3n) is 4.36. The van der Waals surface area contributed by atoms with Crippen molar-refractivity contribution in [3.8, 4) is 0 Å². The molecule has 1 aliphatic rings. The topological polar surface area (TPSA) is 12.0 Å². The molecule has 1 nitrogen and oxygen atoms in total. The van der Waals surface area contributed by atoms with Gasteiger partial charge in [0.2, 0.25) is 0 Å². The van der Waals surface area contributed by atoms with Crippen LogP contribution in [0.1, 0.15) is 71.1 Å². The quantitative estimate of drug-likeness (QED) is 0.606. The molecule has 1 rings (SSSR count). The van der Waals surface area contributed by atoms with Gasteiger partial charge in [-0.05, 0) is 31.9 Å². The molecule has 0 spiro atoms. The zero-order valence-corrected chi connectivity index (χ0v) is 13.9. The lowest BCUT2D eigenvalue weighted by molar-refractivity contribution is 0.317. The van der Waals surface area contributed by atoms with Crippen molar-refractivity contribution in [2.24, 2.45) is 0 Å². The molecule has 21 heavy (non-hydrogen) atoms. The molecule has 0 heterocycles. The molecule has 0 aromatic carbocycles. The maximum atomic E-state index is 3.82. The SMILES string of the molecule is C=C/C=C\C(=C/C=C)NC1(C)CCCCCCCCCC1. The van der Waals surface area contributed by atoms with Crippen LogP contribution in [0.4, 0.5) is 0 Å². The Morgan fingerprint density at radius 3 is 1.86 bits per heavy atom. The summed E-state index contributed by atoms with van der Waals surface area (Å²) < 4.78 is 0. The van der Waals surface area contributed by atoms with E-state index in [2.05, 4.69) is 37.6 Å². The third kappa shape index (κ3) is 7.94. The van der Waals surface area contributed by atoms with Gasteiger partial charge in [0.05, 0.1) is 0 Å². The van der Waals surface area contributed by atoms with E-state index in [-0.39, 0.29) is 5.54 Å². The molecule has 0 aliphatic heterocycles. The van der Waals surface area contributed by atoms with E-state index >= 15 is 0 Å². The van der Waals surface area contributed by atoms with E-state index in [1.807, 2.05) is 18.2 Å². The van der Waals surface area contributed by atoms with Crippen LogP contribution in [0.2, 0.25) is 0 Å². The first-order valence-electron chi connectivity index (χ1n) is 8.60. The van der Waals surface area contributed by atoms with Crippen LogP contribution in [-0.4, -0.2) is 5.54 Å². The van der Waals surface area contributed by atoms with Crippen LogP contribution in [0.15, 0.2) is 49.2 Å². The minimum Gasteiger partial charge on any atom is -0.380 e. The highest BCUT2D eigenvalue weighted by molar-refractivity contribution is 5.25. The Kier molecular flexibility index (Phi) is 8.89. The standard InChI is InChI=1S/C20H33N/c1-4-6-16-19(15-5-2)21-20(3)17-13-11-9-7-8-10-12-14-18-20/h4-6,15-16,21H,1-2,7-14,17-18H2,3H3/b16-6-,19-15+. The van der Waals surface area contributed by atoms with Crippen molar-refractivity contribution < 1.29 is 0 Å². The summed E-state index contributed by atoms with van der Waals surface area (Å²) >= 11 is 0. The Bertz CT molecular complexity index is 350. The van der Waals surface area contributed by atoms with Gasteiger partial charge in [0.25, 0.3) is 0 Å². The summed E-state index contributed by atoms with van der Waals surface area (Å²) in [5.41, 5.74) is 1.34. The lowest BCUT2D eigenvalue weighted by atomic mass is 9.88. The molecule has 1 fully saturated rings. The van der Waals surface area contributed by atoms with Crippen LogP contribution < -0.4 is 5.32 Å². The van der Waals surface area contributed by atoms with Crippen molar-refractivity contribution in [3.05, 3.63) is 49.2 Å². The van der Waals surface area contributed by atoms with Crippen LogP contribution in [0.3, 0.4) is 0 Å². The van der Waals surface area contributed by atoms with Gasteiger partial charge < -0.3 is 5.32 Å². The predicted molar refractivity (Wildman–Crippen MR) is 95.3 cm³/mol. The second-order valence-electron chi connectivity index (χ2n) is 6.47. The largest absolute Gasteiger partial charge is 0.380 e. The molecule has 118 valence electrons. The fraction of sp³-hybridized carbons (Fsp3) is 0.600. The minimum absolute atomic E-state index is 0.199. The van der Waals surface area contributed by atoms with E-state index in [1.54, 1.807) is 0 Å². The number of hydrogen-bond donors (Lipinski definition) is 1. The van der Waals surface area contributed by atoms with Gasteiger partial charge in [-0.1, -0.05) is 82.8 Å². The fourth-order valence-electron chi connectivity index (χ4n) is 3.13. The molecule has 0 bridgehead atoms. The van der Waals surface area contributed by atoms with E-state index in [9.17, 15) is 0 Å². The lowest BCUT2D eigenvalue weighted by Gasteiger charge is -2.33. The molecule has 0 aromatic heterocycles. The number of hydrogen-bond acceptors (Lipinski definition) is 1. The van der Waals surface area contributed by atoms with Crippen molar-refractivity contribution in [2.75, 3.05) is 0 Å². The number of allylic oxidation sites excluding steroid dienone is 5. The van der Waals surface area contributed by atoms with Crippen LogP contribution in [0, 0.1) is 0 Å². The van der Waals surface area contributed by atoms with Gasteiger partial charge in [-0.2, -0.15) is 0 Å². The molecule has 1 saturated carbocycles. The lowest BCUT2D eigenvalue weighted by Crippen LogP contribution is -2.41. The first kappa shape index (κ1) is 17.8. The summed E-state index contributed by atoms with van der Waals surface area (Å²) in [7, 11) is 0. The first-order valence-corrected chi connectivity index (χ1v) is 8.60. The Morgan fingerprint density at radius 1 is 0.857 bits per heavy atom. The summed E-state index contributed by atoms with van der Waals surface area (Å²) in [6.45, 7) is 9.95. The zero-order valence-electron chi connectivity index (χ0n) is 13.9. The normalized spacial score (nSPS) is 21.5. The highest BCUT2D eigenvalue weighted by Crippen LogP contribution is 2.26. The van der Waals surface area contributed by atoms with Gasteiger partial charge in [-0.15, -0.1) is 0 Å². The summed E-state index contributed by atoms with van der Waals surface area (Å²) in [4.78, 5) is 0. The molecular formula is C20H33N. The monoisotopic (exact) mass is 287 g/mol. The van der Waals surface area contributed by atoms with E-state index in [4.69, 9.17) is 0 Å². The molecule has 0 saturated heterocycles. The second-order valence-corrected chi connectivity index (χ2v) is 6.47. The van der Waals surface area contributed by atoms with Crippen molar-refractivity contribution >= 4 is 0 Å². The van der Waals surface area contributed by atoms with Crippen molar-refractivity contribution in [1.29, 1.82) is 0 Å². The van der Waals surface area contributed by atoms with E-state index in [0.717, 1.165) is 5.70 Å².